The minimum atomic E-state index is -3.81. The normalized spacial score (nSPS) is 10.9. The lowest BCUT2D eigenvalue weighted by atomic mass is 10.2. The Balaban J connectivity index is 1.47. The molecular formula is C20H20N4O4S. The zero-order valence-corrected chi connectivity index (χ0v) is 16.3. The van der Waals surface area contributed by atoms with Crippen LogP contribution in [-0.4, -0.2) is 30.9 Å². The number of nitrogens with one attached hydrogen (secondary N) is 2. The molecule has 0 radical (unpaired) electrons. The number of benzene rings is 2. The van der Waals surface area contributed by atoms with Crippen molar-refractivity contribution in [3.8, 4) is 5.75 Å². The number of hydrogen-bond acceptors (Lipinski definition) is 6. The Hall–Kier alpha value is -3.46. The molecule has 1 amide bonds. The Kier molecular flexibility index (Phi) is 6.75. The van der Waals surface area contributed by atoms with Crippen molar-refractivity contribution in [1.29, 1.82) is 0 Å². The molecule has 1 heterocycles. The fraction of sp³-hybridized carbons (Fsp3) is 0.150. The van der Waals surface area contributed by atoms with Crippen molar-refractivity contribution >= 4 is 27.6 Å². The minimum absolute atomic E-state index is 0.0115. The molecule has 3 aromatic rings. The Morgan fingerprint density at radius 3 is 2.31 bits per heavy atom. The fourth-order valence-corrected chi connectivity index (χ4v) is 3.37. The highest BCUT2D eigenvalue weighted by molar-refractivity contribution is 7.92. The molecule has 0 saturated heterocycles. The molecule has 0 atom stereocenters. The quantitative estimate of drug-likeness (QED) is 0.523. The maximum atomic E-state index is 12.3. The van der Waals surface area contributed by atoms with Gasteiger partial charge in [0.2, 0.25) is 11.9 Å². The van der Waals surface area contributed by atoms with Gasteiger partial charge in [-0.3, -0.25) is 4.79 Å². The van der Waals surface area contributed by atoms with E-state index in [0.717, 1.165) is 5.75 Å². The summed E-state index contributed by atoms with van der Waals surface area (Å²) in [4.78, 5) is 19.7. The van der Waals surface area contributed by atoms with Crippen molar-refractivity contribution in [3.63, 3.8) is 0 Å². The lowest BCUT2D eigenvalue weighted by Gasteiger charge is -2.09. The molecule has 150 valence electrons. The van der Waals surface area contributed by atoms with Gasteiger partial charge in [0, 0.05) is 24.5 Å². The summed E-state index contributed by atoms with van der Waals surface area (Å²) in [5.74, 6) is 0.579. The molecule has 0 aliphatic heterocycles. The molecular weight excluding hydrogens is 392 g/mol. The molecule has 0 spiro atoms. The van der Waals surface area contributed by atoms with E-state index >= 15 is 0 Å². The third kappa shape index (κ3) is 6.28. The number of carbonyl (C=O) groups excluding carboxylic acids is 1. The number of amides is 1. The van der Waals surface area contributed by atoms with E-state index in [1.165, 1.54) is 36.7 Å². The number of ether oxygens (including phenoxy) is 1. The highest BCUT2D eigenvalue weighted by Crippen LogP contribution is 2.17. The smallest absolute Gasteiger partial charge is 0.264 e. The van der Waals surface area contributed by atoms with Crippen molar-refractivity contribution in [1.82, 2.24) is 9.97 Å². The predicted octanol–water partition coefficient (Wildman–Crippen LogP) is 3.08. The first kappa shape index (κ1) is 20.3. The molecule has 2 aromatic carbocycles. The van der Waals surface area contributed by atoms with Crippen molar-refractivity contribution in [3.05, 3.63) is 73.1 Å². The van der Waals surface area contributed by atoms with E-state index in [0.29, 0.717) is 25.1 Å². The number of sulfonamides is 1. The summed E-state index contributed by atoms with van der Waals surface area (Å²) in [6.45, 7) is 0.432. The van der Waals surface area contributed by atoms with Crippen LogP contribution < -0.4 is 14.8 Å². The average Bonchev–Trinajstić information content (AvgIpc) is 2.73. The second kappa shape index (κ2) is 9.65. The molecule has 1 aromatic heterocycles. The maximum Gasteiger partial charge on any atom is 0.264 e. The van der Waals surface area contributed by atoms with Crippen LogP contribution in [0.15, 0.2) is 78.0 Å². The highest BCUT2D eigenvalue weighted by Gasteiger charge is 2.15. The number of anilines is 2. The molecule has 9 heteroatoms. The van der Waals surface area contributed by atoms with Crippen LogP contribution in [0.2, 0.25) is 0 Å². The van der Waals surface area contributed by atoms with Crippen LogP contribution in [0, 0.1) is 0 Å². The molecule has 0 unspecified atom stereocenters. The van der Waals surface area contributed by atoms with Crippen molar-refractivity contribution in [2.75, 3.05) is 16.6 Å². The Morgan fingerprint density at radius 1 is 0.931 bits per heavy atom. The van der Waals surface area contributed by atoms with Crippen LogP contribution in [0.1, 0.15) is 12.8 Å². The van der Waals surface area contributed by atoms with Gasteiger partial charge in [-0.05, 0) is 48.9 Å². The van der Waals surface area contributed by atoms with Crippen LogP contribution in [0.5, 0.6) is 5.75 Å². The summed E-state index contributed by atoms with van der Waals surface area (Å²) in [5.41, 5.74) is 0.508. The van der Waals surface area contributed by atoms with Crippen LogP contribution in [0.4, 0.5) is 11.6 Å². The predicted molar refractivity (Wildman–Crippen MR) is 109 cm³/mol. The zero-order valence-electron chi connectivity index (χ0n) is 15.5. The third-order valence-electron chi connectivity index (χ3n) is 3.80. The van der Waals surface area contributed by atoms with Crippen LogP contribution in [-0.2, 0) is 14.8 Å². The third-order valence-corrected chi connectivity index (χ3v) is 5.14. The second-order valence-electron chi connectivity index (χ2n) is 6.02. The van der Waals surface area contributed by atoms with Gasteiger partial charge >= 0.3 is 0 Å². The minimum Gasteiger partial charge on any atom is -0.494 e. The summed E-state index contributed by atoms with van der Waals surface area (Å²) in [6, 6.07) is 16.8. The first-order valence-corrected chi connectivity index (χ1v) is 10.4. The van der Waals surface area contributed by atoms with Gasteiger partial charge < -0.3 is 10.1 Å². The fourth-order valence-electron chi connectivity index (χ4n) is 2.41. The average molecular weight is 412 g/mol. The van der Waals surface area contributed by atoms with E-state index in [2.05, 4.69) is 20.0 Å². The lowest BCUT2D eigenvalue weighted by molar-refractivity contribution is -0.116. The van der Waals surface area contributed by atoms with Gasteiger partial charge in [0.15, 0.2) is 0 Å². The van der Waals surface area contributed by atoms with Gasteiger partial charge in [-0.25, -0.2) is 23.1 Å². The molecule has 3 rings (SSSR count). The number of hydrogen-bond donors (Lipinski definition) is 2. The van der Waals surface area contributed by atoms with E-state index in [4.69, 9.17) is 4.74 Å². The van der Waals surface area contributed by atoms with Gasteiger partial charge in [0.05, 0.1) is 11.5 Å². The summed E-state index contributed by atoms with van der Waals surface area (Å²) >= 11 is 0. The zero-order chi connectivity index (χ0) is 20.5. The van der Waals surface area contributed by atoms with E-state index in [1.54, 1.807) is 6.07 Å². The van der Waals surface area contributed by atoms with Crippen LogP contribution >= 0.6 is 0 Å². The van der Waals surface area contributed by atoms with E-state index < -0.39 is 10.0 Å². The van der Waals surface area contributed by atoms with Gasteiger partial charge in [0.25, 0.3) is 10.0 Å². The molecule has 0 aliphatic rings. The monoisotopic (exact) mass is 412 g/mol. The molecule has 0 fully saturated rings. The molecule has 2 N–H and O–H groups in total. The maximum absolute atomic E-state index is 12.3. The summed E-state index contributed by atoms with van der Waals surface area (Å²) < 4.78 is 32.5. The van der Waals surface area contributed by atoms with Gasteiger partial charge in [-0.1, -0.05) is 18.2 Å². The number of aromatic nitrogens is 2. The summed E-state index contributed by atoms with van der Waals surface area (Å²) in [5, 5.41) is 2.73. The van der Waals surface area contributed by atoms with Gasteiger partial charge in [-0.15, -0.1) is 0 Å². The summed E-state index contributed by atoms with van der Waals surface area (Å²) in [7, 11) is -3.81. The molecule has 0 aliphatic carbocycles. The number of para-hydroxylation sites is 1. The lowest BCUT2D eigenvalue weighted by Crippen LogP contribution is -2.15. The van der Waals surface area contributed by atoms with Crippen molar-refractivity contribution in [2.45, 2.75) is 17.7 Å². The highest BCUT2D eigenvalue weighted by atomic mass is 32.2. The van der Waals surface area contributed by atoms with Gasteiger partial charge in [-0.2, -0.15) is 0 Å². The number of carbonyl (C=O) groups is 1. The van der Waals surface area contributed by atoms with Crippen LogP contribution in [0.3, 0.4) is 0 Å². The SMILES string of the molecule is O=C(CCCOc1ccccc1)Nc1ccc(S(=O)(=O)Nc2ncccn2)cc1. The van der Waals surface area contributed by atoms with Gasteiger partial charge in [0.1, 0.15) is 5.75 Å². The van der Waals surface area contributed by atoms with Crippen molar-refractivity contribution in [2.24, 2.45) is 0 Å². The molecule has 0 bridgehead atoms. The Bertz CT molecular complexity index is 1030. The van der Waals surface area contributed by atoms with E-state index in [1.807, 2.05) is 30.3 Å². The van der Waals surface area contributed by atoms with E-state index in [-0.39, 0.29) is 16.8 Å². The van der Waals surface area contributed by atoms with E-state index in [9.17, 15) is 13.2 Å². The molecule has 29 heavy (non-hydrogen) atoms. The standard InChI is InChI=1S/C20H20N4O4S/c25-19(8-4-15-28-17-6-2-1-3-7-17)23-16-9-11-18(12-10-16)29(26,27)24-20-21-13-5-14-22-20/h1-3,5-7,9-14H,4,8,15H2,(H,23,25)(H,21,22,24). The first-order chi connectivity index (χ1) is 14.0. The first-order valence-electron chi connectivity index (χ1n) is 8.90. The largest absolute Gasteiger partial charge is 0.494 e. The molecule has 0 saturated carbocycles. The topological polar surface area (TPSA) is 110 Å². The van der Waals surface area contributed by atoms with Crippen LogP contribution in [0.25, 0.3) is 0 Å². The summed E-state index contributed by atoms with van der Waals surface area (Å²) in [6.07, 6.45) is 3.73. The Labute approximate surface area is 169 Å². The van der Waals surface area contributed by atoms with Crippen molar-refractivity contribution < 1.29 is 17.9 Å². The number of nitrogens with zero attached hydrogens (tertiary/aromatic N) is 2. The molecule has 8 nitrogen and oxygen atoms in total. The Morgan fingerprint density at radius 2 is 1.62 bits per heavy atom. The second-order valence-corrected chi connectivity index (χ2v) is 7.70. The number of rotatable bonds is 9.